The lowest BCUT2D eigenvalue weighted by Gasteiger charge is -2.10. The molecule has 0 bridgehead atoms. The average Bonchev–Trinajstić information content (AvgIpc) is 2.73. The molecule has 5 heteroatoms. The fraction of sp³-hybridized carbons (Fsp3) is 0.0435. The number of rotatable bonds is 6. The SMILES string of the molecule is COc1ccc(/C=C/C(=O)c2ccccc2O)c(OC(=O)c2ccccc2)c1. The number of hydrogen-bond acceptors (Lipinski definition) is 5. The Hall–Kier alpha value is -3.86. The van der Waals surface area contributed by atoms with Crippen molar-refractivity contribution in [3.8, 4) is 17.2 Å². The molecule has 0 atom stereocenters. The molecule has 0 aliphatic heterocycles. The smallest absolute Gasteiger partial charge is 0.343 e. The lowest BCUT2D eigenvalue weighted by molar-refractivity contribution is 0.0734. The van der Waals surface area contributed by atoms with E-state index in [9.17, 15) is 14.7 Å². The number of phenolic OH excluding ortho intramolecular Hbond substituents is 1. The molecule has 0 aromatic heterocycles. The summed E-state index contributed by atoms with van der Waals surface area (Å²) in [5.41, 5.74) is 1.12. The number of esters is 1. The van der Waals surface area contributed by atoms with Crippen molar-refractivity contribution in [2.45, 2.75) is 0 Å². The summed E-state index contributed by atoms with van der Waals surface area (Å²) in [5, 5.41) is 9.81. The predicted molar refractivity (Wildman–Crippen MR) is 106 cm³/mol. The highest BCUT2D eigenvalue weighted by Crippen LogP contribution is 2.27. The lowest BCUT2D eigenvalue weighted by Crippen LogP contribution is -2.09. The minimum absolute atomic E-state index is 0.0948. The largest absolute Gasteiger partial charge is 0.507 e. The molecule has 0 saturated carbocycles. The lowest BCUT2D eigenvalue weighted by atomic mass is 10.1. The van der Waals surface area contributed by atoms with Crippen LogP contribution >= 0.6 is 0 Å². The van der Waals surface area contributed by atoms with E-state index in [0.717, 1.165) is 0 Å². The Morgan fingerprint density at radius 1 is 0.929 bits per heavy atom. The molecule has 0 unspecified atom stereocenters. The molecule has 5 nitrogen and oxygen atoms in total. The number of para-hydroxylation sites is 1. The molecule has 0 amide bonds. The van der Waals surface area contributed by atoms with E-state index in [-0.39, 0.29) is 22.8 Å². The number of phenols is 1. The summed E-state index contributed by atoms with van der Waals surface area (Å²) in [6, 6.07) is 19.8. The zero-order valence-electron chi connectivity index (χ0n) is 15.2. The van der Waals surface area contributed by atoms with E-state index < -0.39 is 5.97 Å². The van der Waals surface area contributed by atoms with E-state index in [0.29, 0.717) is 16.9 Å². The Balaban J connectivity index is 1.87. The van der Waals surface area contributed by atoms with Crippen molar-refractivity contribution in [2.24, 2.45) is 0 Å². The van der Waals surface area contributed by atoms with Crippen LogP contribution in [0.2, 0.25) is 0 Å². The summed E-state index contributed by atoms with van der Waals surface area (Å²) in [4.78, 5) is 24.7. The van der Waals surface area contributed by atoms with Gasteiger partial charge in [-0.1, -0.05) is 30.3 Å². The van der Waals surface area contributed by atoms with Gasteiger partial charge in [0.25, 0.3) is 0 Å². The minimum Gasteiger partial charge on any atom is -0.507 e. The standard InChI is InChI=1S/C23H18O5/c1-27-18-13-11-16(12-14-21(25)19-9-5-6-10-20(19)24)22(15-18)28-23(26)17-7-3-2-4-8-17/h2-15,24H,1H3/b14-12+. The van der Waals surface area contributed by atoms with Crippen molar-refractivity contribution >= 4 is 17.8 Å². The summed E-state index contributed by atoms with van der Waals surface area (Å²) < 4.78 is 10.7. The number of benzene rings is 3. The van der Waals surface area contributed by atoms with Gasteiger partial charge in [-0.05, 0) is 48.6 Å². The highest BCUT2D eigenvalue weighted by molar-refractivity contribution is 6.08. The van der Waals surface area contributed by atoms with Crippen LogP contribution in [0, 0.1) is 0 Å². The molecule has 3 aromatic rings. The van der Waals surface area contributed by atoms with E-state index >= 15 is 0 Å². The zero-order chi connectivity index (χ0) is 19.9. The zero-order valence-corrected chi connectivity index (χ0v) is 15.2. The first kappa shape index (κ1) is 18.9. The molecule has 0 spiro atoms. The molecule has 140 valence electrons. The van der Waals surface area contributed by atoms with Crippen LogP contribution in [0.25, 0.3) is 6.08 Å². The van der Waals surface area contributed by atoms with Gasteiger partial charge in [-0.15, -0.1) is 0 Å². The molecule has 1 N–H and O–H groups in total. The fourth-order valence-electron chi connectivity index (χ4n) is 2.54. The fourth-order valence-corrected chi connectivity index (χ4v) is 2.54. The van der Waals surface area contributed by atoms with Crippen molar-refractivity contribution in [1.29, 1.82) is 0 Å². The maximum absolute atomic E-state index is 12.4. The first-order chi connectivity index (χ1) is 13.6. The number of carbonyl (C=O) groups excluding carboxylic acids is 2. The van der Waals surface area contributed by atoms with Gasteiger partial charge in [0.15, 0.2) is 5.78 Å². The van der Waals surface area contributed by atoms with Crippen molar-refractivity contribution in [2.75, 3.05) is 7.11 Å². The third-order valence-corrected chi connectivity index (χ3v) is 4.02. The Morgan fingerprint density at radius 3 is 2.36 bits per heavy atom. The van der Waals surface area contributed by atoms with Gasteiger partial charge in [-0.2, -0.15) is 0 Å². The maximum Gasteiger partial charge on any atom is 0.343 e. The molecule has 0 saturated heterocycles. The summed E-state index contributed by atoms with van der Waals surface area (Å²) in [7, 11) is 1.51. The highest BCUT2D eigenvalue weighted by Gasteiger charge is 2.13. The van der Waals surface area contributed by atoms with Crippen molar-refractivity contribution in [1.82, 2.24) is 0 Å². The van der Waals surface area contributed by atoms with Gasteiger partial charge < -0.3 is 14.6 Å². The third kappa shape index (κ3) is 4.45. The number of ketones is 1. The topological polar surface area (TPSA) is 72.8 Å². The van der Waals surface area contributed by atoms with Crippen LogP contribution in [0.3, 0.4) is 0 Å². The molecule has 0 fully saturated rings. The van der Waals surface area contributed by atoms with E-state index in [1.165, 1.54) is 31.4 Å². The molecule has 0 aliphatic rings. The van der Waals surface area contributed by atoms with Crippen LogP contribution in [-0.2, 0) is 0 Å². The van der Waals surface area contributed by atoms with Gasteiger partial charge in [-0.25, -0.2) is 4.79 Å². The summed E-state index contributed by atoms with van der Waals surface area (Å²) in [5.74, 6) is -0.207. The number of ether oxygens (including phenoxy) is 2. The van der Waals surface area contributed by atoms with Crippen LogP contribution in [-0.4, -0.2) is 24.0 Å². The van der Waals surface area contributed by atoms with E-state index in [1.807, 2.05) is 0 Å². The Labute approximate surface area is 162 Å². The predicted octanol–water partition coefficient (Wildman–Crippen LogP) is 4.52. The molecular formula is C23H18O5. The quantitative estimate of drug-likeness (QED) is 0.297. The number of hydrogen-bond donors (Lipinski definition) is 1. The summed E-state index contributed by atoms with van der Waals surface area (Å²) in [6.45, 7) is 0. The van der Waals surface area contributed by atoms with Gasteiger partial charge in [0.2, 0.25) is 0 Å². The first-order valence-corrected chi connectivity index (χ1v) is 8.54. The Bertz CT molecular complexity index is 1020. The average molecular weight is 374 g/mol. The van der Waals surface area contributed by atoms with Crippen LogP contribution in [0.5, 0.6) is 17.2 Å². The maximum atomic E-state index is 12.4. The van der Waals surface area contributed by atoms with E-state index in [1.54, 1.807) is 60.7 Å². The molecule has 0 aliphatic carbocycles. The number of aromatic hydroxyl groups is 1. The summed E-state index contributed by atoms with van der Waals surface area (Å²) >= 11 is 0. The van der Waals surface area contributed by atoms with E-state index in [2.05, 4.69) is 0 Å². The van der Waals surface area contributed by atoms with Crippen LogP contribution in [0.1, 0.15) is 26.3 Å². The number of allylic oxidation sites excluding steroid dienone is 1. The van der Waals surface area contributed by atoms with Gasteiger partial charge in [0.05, 0.1) is 18.2 Å². The highest BCUT2D eigenvalue weighted by atomic mass is 16.5. The molecule has 3 rings (SSSR count). The Kier molecular flexibility index (Phi) is 5.87. The second-order valence-electron chi connectivity index (χ2n) is 5.87. The van der Waals surface area contributed by atoms with E-state index in [4.69, 9.17) is 9.47 Å². The number of carbonyl (C=O) groups is 2. The van der Waals surface area contributed by atoms with Crippen molar-refractivity contribution in [3.05, 3.63) is 95.6 Å². The molecular weight excluding hydrogens is 356 g/mol. The Morgan fingerprint density at radius 2 is 1.64 bits per heavy atom. The molecule has 0 radical (unpaired) electrons. The second-order valence-corrected chi connectivity index (χ2v) is 5.87. The van der Waals surface area contributed by atoms with Crippen LogP contribution < -0.4 is 9.47 Å². The van der Waals surface area contributed by atoms with Crippen molar-refractivity contribution in [3.63, 3.8) is 0 Å². The second kappa shape index (κ2) is 8.68. The van der Waals surface area contributed by atoms with Gasteiger partial charge in [0, 0.05) is 11.6 Å². The van der Waals surface area contributed by atoms with Gasteiger partial charge in [-0.3, -0.25) is 4.79 Å². The molecule has 3 aromatic carbocycles. The van der Waals surface area contributed by atoms with Gasteiger partial charge >= 0.3 is 5.97 Å². The number of methoxy groups -OCH3 is 1. The summed E-state index contributed by atoms with van der Waals surface area (Å²) in [6.07, 6.45) is 2.85. The third-order valence-electron chi connectivity index (χ3n) is 4.02. The van der Waals surface area contributed by atoms with Crippen LogP contribution in [0.4, 0.5) is 0 Å². The minimum atomic E-state index is -0.518. The first-order valence-electron chi connectivity index (χ1n) is 8.54. The normalized spacial score (nSPS) is 10.6. The monoisotopic (exact) mass is 374 g/mol. The van der Waals surface area contributed by atoms with Crippen LogP contribution in [0.15, 0.2) is 78.9 Å². The molecule has 28 heavy (non-hydrogen) atoms. The van der Waals surface area contributed by atoms with Crippen molar-refractivity contribution < 1.29 is 24.2 Å². The molecule has 0 heterocycles. The van der Waals surface area contributed by atoms with Gasteiger partial charge in [0.1, 0.15) is 17.2 Å².